The van der Waals surface area contributed by atoms with Gasteiger partial charge in [-0.2, -0.15) is 0 Å². The molecular weight excluding hydrogens is 212 g/mol. The summed E-state index contributed by atoms with van der Waals surface area (Å²) in [6.45, 7) is 0. The monoisotopic (exact) mass is 226 g/mol. The molecule has 16 heavy (non-hydrogen) atoms. The van der Waals surface area contributed by atoms with Gasteiger partial charge in [-0.1, -0.05) is 0 Å². The smallest absolute Gasteiger partial charge is 0.311 e. The van der Waals surface area contributed by atoms with Crippen LogP contribution in [0.5, 0.6) is 0 Å². The summed E-state index contributed by atoms with van der Waals surface area (Å²) >= 11 is 0. The lowest BCUT2D eigenvalue weighted by Crippen LogP contribution is -2.41. The lowest BCUT2D eigenvalue weighted by atomic mass is 9.75. The third-order valence-electron chi connectivity index (χ3n) is 4.90. The molecule has 2 heterocycles. The molecule has 1 unspecified atom stereocenters. The zero-order valence-corrected chi connectivity index (χ0v) is 8.91. The summed E-state index contributed by atoms with van der Waals surface area (Å²) in [6.07, 6.45) is -0.138. The van der Waals surface area contributed by atoms with Crippen LogP contribution in [0, 0.1) is 29.6 Å². The van der Waals surface area contributed by atoms with Crippen LogP contribution >= 0.6 is 0 Å². The van der Waals surface area contributed by atoms with Gasteiger partial charge in [0.25, 0.3) is 0 Å². The Morgan fingerprint density at radius 1 is 1.31 bits per heavy atom. The van der Waals surface area contributed by atoms with Crippen molar-refractivity contribution in [3.8, 4) is 0 Å². The molecule has 0 aromatic carbocycles. The number of methoxy groups -OCH3 is 1. The normalized spacial score (nSPS) is 60.6. The SMILES string of the molecule is COC(=O)[C@@H]1C2O[C@H]3O[C@H](O)[C@@H]4[C@@H]1C[C@@H]2[C@@H]34. The number of ether oxygens (including phenoxy) is 3. The van der Waals surface area contributed by atoms with Crippen LogP contribution in [0.3, 0.4) is 0 Å². The van der Waals surface area contributed by atoms with Gasteiger partial charge in [-0.3, -0.25) is 4.79 Å². The van der Waals surface area contributed by atoms with Crippen molar-refractivity contribution in [3.63, 3.8) is 0 Å². The van der Waals surface area contributed by atoms with Crippen molar-refractivity contribution in [1.29, 1.82) is 0 Å². The van der Waals surface area contributed by atoms with Crippen LogP contribution in [-0.4, -0.2) is 36.9 Å². The molecular formula is C11H14O5. The zero-order valence-electron chi connectivity index (χ0n) is 8.91. The minimum Gasteiger partial charge on any atom is -0.469 e. The number of hydrogen-bond donors (Lipinski definition) is 1. The fourth-order valence-electron chi connectivity index (χ4n) is 4.46. The lowest BCUT2D eigenvalue weighted by Gasteiger charge is -2.31. The average molecular weight is 226 g/mol. The Morgan fingerprint density at radius 2 is 2.12 bits per heavy atom. The van der Waals surface area contributed by atoms with Crippen LogP contribution in [0.4, 0.5) is 0 Å². The van der Waals surface area contributed by atoms with Crippen LogP contribution in [0.15, 0.2) is 0 Å². The Bertz CT molecular complexity index is 356. The molecule has 0 spiro atoms. The zero-order chi connectivity index (χ0) is 11.0. The van der Waals surface area contributed by atoms with Gasteiger partial charge in [-0.15, -0.1) is 0 Å². The van der Waals surface area contributed by atoms with Crippen LogP contribution in [-0.2, 0) is 19.0 Å². The van der Waals surface area contributed by atoms with Gasteiger partial charge in [-0.05, 0) is 18.3 Å². The Hall–Kier alpha value is -0.650. The lowest BCUT2D eigenvalue weighted by molar-refractivity contribution is -0.218. The minimum absolute atomic E-state index is 0.0452. The fourth-order valence-corrected chi connectivity index (χ4v) is 4.46. The van der Waals surface area contributed by atoms with E-state index in [1.807, 2.05) is 0 Å². The molecule has 8 atom stereocenters. The van der Waals surface area contributed by atoms with Gasteiger partial charge in [-0.25, -0.2) is 0 Å². The molecule has 5 heteroatoms. The Kier molecular flexibility index (Phi) is 1.63. The molecule has 0 amide bonds. The third-order valence-corrected chi connectivity index (χ3v) is 4.90. The first kappa shape index (κ1) is 9.39. The maximum atomic E-state index is 11.8. The Labute approximate surface area is 92.7 Å². The van der Waals surface area contributed by atoms with Crippen LogP contribution < -0.4 is 0 Å². The number of carbonyl (C=O) groups excluding carboxylic acids is 1. The molecule has 0 radical (unpaired) electrons. The summed E-state index contributed by atoms with van der Waals surface area (Å²) in [7, 11) is 1.41. The van der Waals surface area contributed by atoms with Crippen molar-refractivity contribution in [2.45, 2.75) is 25.1 Å². The van der Waals surface area contributed by atoms with Crippen LogP contribution in [0.1, 0.15) is 6.42 Å². The second-order valence-electron chi connectivity index (χ2n) is 5.26. The number of esters is 1. The average Bonchev–Trinajstić information content (AvgIpc) is 2.90. The van der Waals surface area contributed by atoms with Gasteiger partial charge >= 0.3 is 5.97 Å². The second kappa shape index (κ2) is 2.78. The van der Waals surface area contributed by atoms with Gasteiger partial charge in [0.2, 0.25) is 0 Å². The summed E-state index contributed by atoms with van der Waals surface area (Å²) in [5.41, 5.74) is 0. The van der Waals surface area contributed by atoms with Gasteiger partial charge in [0, 0.05) is 11.8 Å². The van der Waals surface area contributed by atoms with Crippen LogP contribution in [0.25, 0.3) is 0 Å². The first-order valence-corrected chi connectivity index (χ1v) is 5.79. The highest BCUT2D eigenvalue weighted by Gasteiger charge is 2.72. The molecule has 4 fully saturated rings. The predicted molar refractivity (Wildman–Crippen MR) is 49.8 cm³/mol. The number of hydrogen-bond acceptors (Lipinski definition) is 5. The Morgan fingerprint density at radius 3 is 2.88 bits per heavy atom. The first-order chi connectivity index (χ1) is 7.72. The van der Waals surface area contributed by atoms with E-state index in [4.69, 9.17) is 14.2 Å². The molecule has 4 aliphatic rings. The van der Waals surface area contributed by atoms with Crippen molar-refractivity contribution in [2.24, 2.45) is 29.6 Å². The van der Waals surface area contributed by atoms with E-state index in [0.717, 1.165) is 6.42 Å². The standard InChI is InChI=1S/C11H14O5/c1-14-9(12)7-3-2-4-6-5(3)10(13)16-11(6)15-8(4)7/h3-8,10-11,13H,2H2,1H3/t3-,4+,5+,6+,7-,8?,10-,11-/m0/s1. The van der Waals surface area contributed by atoms with E-state index in [9.17, 15) is 9.90 Å². The second-order valence-corrected chi connectivity index (χ2v) is 5.26. The molecule has 2 saturated carbocycles. The van der Waals surface area contributed by atoms with Crippen molar-refractivity contribution in [3.05, 3.63) is 0 Å². The topological polar surface area (TPSA) is 65.0 Å². The molecule has 5 nitrogen and oxygen atoms in total. The summed E-state index contributed by atoms with van der Waals surface area (Å²) in [6, 6.07) is 0. The number of rotatable bonds is 1. The maximum absolute atomic E-state index is 11.8. The molecule has 0 aromatic heterocycles. The molecule has 88 valence electrons. The van der Waals surface area contributed by atoms with E-state index in [1.54, 1.807) is 0 Å². The van der Waals surface area contributed by atoms with E-state index in [1.165, 1.54) is 7.11 Å². The highest BCUT2D eigenvalue weighted by atomic mass is 16.7. The molecule has 0 aromatic rings. The number of carbonyl (C=O) groups is 1. The number of fused-ring (bicyclic) bond motifs is 2. The predicted octanol–water partition coefficient (Wildman–Crippen LogP) is -0.269. The number of aliphatic hydroxyl groups is 1. The summed E-state index contributed by atoms with van der Waals surface area (Å²) in [4.78, 5) is 11.8. The fraction of sp³-hybridized carbons (Fsp3) is 0.909. The summed E-state index contributed by atoms with van der Waals surface area (Å²) < 4.78 is 16.0. The van der Waals surface area contributed by atoms with Gasteiger partial charge in [0.05, 0.1) is 19.1 Å². The molecule has 2 aliphatic heterocycles. The maximum Gasteiger partial charge on any atom is 0.311 e. The van der Waals surface area contributed by atoms with Gasteiger partial charge in [0.15, 0.2) is 12.6 Å². The third kappa shape index (κ3) is 0.836. The largest absolute Gasteiger partial charge is 0.469 e. The number of aliphatic hydroxyl groups excluding tert-OH is 1. The van der Waals surface area contributed by atoms with E-state index in [0.29, 0.717) is 11.8 Å². The van der Waals surface area contributed by atoms with Gasteiger partial charge in [0.1, 0.15) is 0 Å². The quantitative estimate of drug-likeness (QED) is 0.623. The highest BCUT2D eigenvalue weighted by molar-refractivity contribution is 5.74. The molecule has 4 rings (SSSR count). The summed E-state index contributed by atoms with van der Waals surface area (Å²) in [5, 5.41) is 9.83. The minimum atomic E-state index is -0.765. The van der Waals surface area contributed by atoms with Gasteiger partial charge < -0.3 is 19.3 Å². The van der Waals surface area contributed by atoms with Crippen molar-refractivity contribution in [1.82, 2.24) is 0 Å². The van der Waals surface area contributed by atoms with Crippen molar-refractivity contribution >= 4 is 5.97 Å². The van der Waals surface area contributed by atoms with E-state index < -0.39 is 6.29 Å². The van der Waals surface area contributed by atoms with E-state index in [2.05, 4.69) is 0 Å². The molecule has 2 aliphatic carbocycles. The van der Waals surface area contributed by atoms with Crippen molar-refractivity contribution < 1.29 is 24.1 Å². The molecule has 2 bridgehead atoms. The van der Waals surface area contributed by atoms with E-state index >= 15 is 0 Å². The van der Waals surface area contributed by atoms with Crippen molar-refractivity contribution in [2.75, 3.05) is 7.11 Å². The summed E-state index contributed by atoms with van der Waals surface area (Å²) in [5.74, 6) is 0.524. The van der Waals surface area contributed by atoms with E-state index in [-0.39, 0.29) is 36.1 Å². The van der Waals surface area contributed by atoms with Crippen LogP contribution in [0.2, 0.25) is 0 Å². The Balaban J connectivity index is 1.74. The molecule has 2 saturated heterocycles. The molecule has 1 N–H and O–H groups in total. The first-order valence-electron chi connectivity index (χ1n) is 5.79. The highest BCUT2D eigenvalue weighted by Crippen LogP contribution is 2.66.